The number of benzene rings is 2. The van der Waals surface area contributed by atoms with Crippen LogP contribution in [-0.4, -0.2) is 25.2 Å². The standard InChI is InChI=1S/C14H11N3O2S/c18-10-6-7-12(19)11(8-10)13-14(20)17(16-15-13)9-4-2-1-3-5-9/h1-8,16,18-19H. The molecule has 0 unspecified atom stereocenters. The van der Waals surface area contributed by atoms with Crippen molar-refractivity contribution in [2.24, 2.45) is 0 Å². The van der Waals surface area contributed by atoms with E-state index < -0.39 is 0 Å². The topological polar surface area (TPSA) is 74.1 Å². The number of aromatic amines is 1. The minimum Gasteiger partial charge on any atom is -0.508 e. The molecule has 0 aliphatic heterocycles. The van der Waals surface area contributed by atoms with E-state index in [-0.39, 0.29) is 11.5 Å². The molecule has 20 heavy (non-hydrogen) atoms. The highest BCUT2D eigenvalue weighted by Gasteiger charge is 2.13. The first-order valence-corrected chi connectivity index (χ1v) is 6.33. The predicted octanol–water partition coefficient (Wildman–Crippen LogP) is 3.01. The maximum absolute atomic E-state index is 9.87. The highest BCUT2D eigenvalue weighted by atomic mass is 32.1. The van der Waals surface area contributed by atoms with Crippen LogP contribution in [0.3, 0.4) is 0 Å². The van der Waals surface area contributed by atoms with Gasteiger partial charge in [0.15, 0.2) is 4.64 Å². The fourth-order valence-electron chi connectivity index (χ4n) is 1.94. The lowest BCUT2D eigenvalue weighted by atomic mass is 10.1. The zero-order valence-corrected chi connectivity index (χ0v) is 11.1. The highest BCUT2D eigenvalue weighted by molar-refractivity contribution is 7.71. The van der Waals surface area contributed by atoms with Crippen molar-refractivity contribution in [1.82, 2.24) is 15.0 Å². The number of aromatic nitrogens is 3. The zero-order valence-electron chi connectivity index (χ0n) is 10.3. The molecule has 0 fully saturated rings. The third-order valence-electron chi connectivity index (χ3n) is 2.92. The van der Waals surface area contributed by atoms with Gasteiger partial charge in [0.2, 0.25) is 0 Å². The number of hydrogen-bond acceptors (Lipinski definition) is 4. The number of nitrogens with one attached hydrogen (secondary N) is 1. The van der Waals surface area contributed by atoms with Crippen LogP contribution >= 0.6 is 12.2 Å². The Kier molecular flexibility index (Phi) is 3.00. The van der Waals surface area contributed by atoms with Crippen molar-refractivity contribution >= 4 is 12.2 Å². The Morgan fingerprint density at radius 1 is 1.05 bits per heavy atom. The molecule has 0 atom stereocenters. The summed E-state index contributed by atoms with van der Waals surface area (Å²) in [7, 11) is 0. The molecule has 3 rings (SSSR count). The number of rotatable bonds is 2. The number of phenolic OH excluding ortho intramolecular Hbond substituents is 2. The van der Waals surface area contributed by atoms with Crippen LogP contribution in [0.15, 0.2) is 48.5 Å². The van der Waals surface area contributed by atoms with E-state index in [4.69, 9.17) is 12.2 Å². The van der Waals surface area contributed by atoms with Crippen molar-refractivity contribution < 1.29 is 10.2 Å². The van der Waals surface area contributed by atoms with Gasteiger partial charge in [-0.15, -0.1) is 0 Å². The van der Waals surface area contributed by atoms with Crippen LogP contribution in [0.5, 0.6) is 11.5 Å². The van der Waals surface area contributed by atoms with E-state index in [1.54, 1.807) is 4.68 Å². The summed E-state index contributed by atoms with van der Waals surface area (Å²) in [5, 5.41) is 26.3. The average molecular weight is 285 g/mol. The van der Waals surface area contributed by atoms with Crippen molar-refractivity contribution in [1.29, 1.82) is 0 Å². The molecular weight excluding hydrogens is 274 g/mol. The van der Waals surface area contributed by atoms with E-state index in [9.17, 15) is 10.2 Å². The Bertz CT molecular complexity index is 809. The van der Waals surface area contributed by atoms with Crippen molar-refractivity contribution in [3.63, 3.8) is 0 Å². The molecule has 5 nitrogen and oxygen atoms in total. The molecule has 100 valence electrons. The minimum absolute atomic E-state index is 0.0145. The molecule has 0 radical (unpaired) electrons. The lowest BCUT2D eigenvalue weighted by molar-refractivity contribution is 0.461. The van der Waals surface area contributed by atoms with Gasteiger partial charge in [-0.25, -0.2) is 9.90 Å². The SMILES string of the molecule is Oc1ccc(O)c(-c2n[nH]n(-c3ccccc3)c2=S)c1. The molecule has 0 saturated carbocycles. The Morgan fingerprint density at radius 2 is 1.80 bits per heavy atom. The van der Waals surface area contributed by atoms with Gasteiger partial charge >= 0.3 is 0 Å². The monoisotopic (exact) mass is 285 g/mol. The number of nitrogens with zero attached hydrogens (tertiary/aromatic N) is 2. The number of para-hydroxylation sites is 1. The van der Waals surface area contributed by atoms with Gasteiger partial charge in [0.25, 0.3) is 0 Å². The first-order valence-electron chi connectivity index (χ1n) is 5.92. The van der Waals surface area contributed by atoms with E-state index in [2.05, 4.69) is 10.3 Å². The number of H-pyrrole nitrogens is 1. The molecule has 0 amide bonds. The summed E-state index contributed by atoms with van der Waals surface area (Å²) in [6.07, 6.45) is 0. The Hall–Kier alpha value is -2.60. The first kappa shape index (κ1) is 12.4. The number of hydrogen-bond donors (Lipinski definition) is 3. The van der Waals surface area contributed by atoms with E-state index in [1.165, 1.54) is 18.2 Å². The van der Waals surface area contributed by atoms with Gasteiger partial charge in [0.1, 0.15) is 17.2 Å². The second-order valence-electron chi connectivity index (χ2n) is 4.24. The molecule has 2 aromatic carbocycles. The molecule has 6 heteroatoms. The molecule has 0 aliphatic rings. The van der Waals surface area contributed by atoms with Crippen molar-refractivity contribution in [2.75, 3.05) is 0 Å². The summed E-state index contributed by atoms with van der Waals surface area (Å²) in [5.74, 6) is 0.0575. The fraction of sp³-hybridized carbons (Fsp3) is 0. The third-order valence-corrected chi connectivity index (χ3v) is 3.29. The number of aromatic hydroxyl groups is 2. The van der Waals surface area contributed by atoms with Crippen LogP contribution in [0.1, 0.15) is 0 Å². The maximum atomic E-state index is 9.87. The number of phenols is 2. The average Bonchev–Trinajstić information content (AvgIpc) is 2.84. The summed E-state index contributed by atoms with van der Waals surface area (Å²) in [4.78, 5) is 0. The van der Waals surface area contributed by atoms with Crippen LogP contribution in [-0.2, 0) is 0 Å². The largest absolute Gasteiger partial charge is 0.508 e. The molecule has 0 bridgehead atoms. The second-order valence-corrected chi connectivity index (χ2v) is 4.62. The van der Waals surface area contributed by atoms with Crippen molar-refractivity contribution in [2.45, 2.75) is 0 Å². The van der Waals surface area contributed by atoms with Gasteiger partial charge in [-0.1, -0.05) is 30.4 Å². The zero-order chi connectivity index (χ0) is 14.1. The van der Waals surface area contributed by atoms with E-state index >= 15 is 0 Å². The Balaban J connectivity index is 2.16. The molecule has 0 spiro atoms. The van der Waals surface area contributed by atoms with E-state index in [0.717, 1.165) is 5.69 Å². The lowest BCUT2D eigenvalue weighted by Crippen LogP contribution is -1.95. The summed E-state index contributed by atoms with van der Waals surface area (Å²) in [6.45, 7) is 0. The van der Waals surface area contributed by atoms with Gasteiger partial charge < -0.3 is 10.2 Å². The van der Waals surface area contributed by atoms with Gasteiger partial charge in [-0.2, -0.15) is 5.10 Å². The highest BCUT2D eigenvalue weighted by Crippen LogP contribution is 2.31. The fourth-order valence-corrected chi connectivity index (χ4v) is 2.24. The molecule has 1 aromatic heterocycles. The third kappa shape index (κ3) is 2.06. The van der Waals surface area contributed by atoms with Crippen LogP contribution < -0.4 is 0 Å². The second kappa shape index (κ2) is 4.82. The van der Waals surface area contributed by atoms with Gasteiger partial charge in [0, 0.05) is 0 Å². The van der Waals surface area contributed by atoms with Crippen LogP contribution in [0, 0.1) is 4.64 Å². The Morgan fingerprint density at radius 3 is 2.55 bits per heavy atom. The molecule has 3 N–H and O–H groups in total. The molecular formula is C14H11N3O2S. The van der Waals surface area contributed by atoms with Crippen molar-refractivity contribution in [3.8, 4) is 28.4 Å². The lowest BCUT2D eigenvalue weighted by Gasteiger charge is -2.02. The summed E-state index contributed by atoms with van der Waals surface area (Å²) in [5.41, 5.74) is 1.65. The minimum atomic E-state index is 0.0145. The predicted molar refractivity (Wildman–Crippen MR) is 77.5 cm³/mol. The molecule has 0 aliphatic carbocycles. The van der Waals surface area contributed by atoms with Gasteiger partial charge in [-0.3, -0.25) is 0 Å². The first-order chi connectivity index (χ1) is 9.66. The molecule has 1 heterocycles. The molecule has 0 saturated heterocycles. The van der Waals surface area contributed by atoms with Crippen LogP contribution in [0.2, 0.25) is 0 Å². The summed E-state index contributed by atoms with van der Waals surface area (Å²) in [6, 6.07) is 13.7. The normalized spacial score (nSPS) is 10.6. The molecule has 3 aromatic rings. The van der Waals surface area contributed by atoms with Gasteiger partial charge in [-0.05, 0) is 30.3 Å². The van der Waals surface area contributed by atoms with Crippen LogP contribution in [0.25, 0.3) is 16.9 Å². The van der Waals surface area contributed by atoms with Crippen LogP contribution in [0.4, 0.5) is 0 Å². The van der Waals surface area contributed by atoms with E-state index in [0.29, 0.717) is 15.9 Å². The van der Waals surface area contributed by atoms with Gasteiger partial charge in [0.05, 0.1) is 11.3 Å². The smallest absolute Gasteiger partial charge is 0.155 e. The summed E-state index contributed by atoms with van der Waals surface area (Å²) < 4.78 is 2.06. The summed E-state index contributed by atoms with van der Waals surface area (Å²) >= 11 is 5.37. The quantitative estimate of drug-likeness (QED) is 0.500. The maximum Gasteiger partial charge on any atom is 0.155 e. The Labute approximate surface area is 119 Å². The van der Waals surface area contributed by atoms with E-state index in [1.807, 2.05) is 30.3 Å². The van der Waals surface area contributed by atoms with Crippen molar-refractivity contribution in [3.05, 3.63) is 53.2 Å².